The molecule has 0 bridgehead atoms. The molecule has 2 aromatic carbocycles. The summed E-state index contributed by atoms with van der Waals surface area (Å²) in [5, 5.41) is 22.3. The maximum atomic E-state index is 10.4. The van der Waals surface area contributed by atoms with Gasteiger partial charge < -0.3 is 14.6 Å². The molecule has 1 aliphatic carbocycles. The summed E-state index contributed by atoms with van der Waals surface area (Å²) in [6, 6.07) is 21.2. The molecule has 0 aromatic heterocycles. The molecule has 0 spiro atoms. The molecular formula is C23H32O3Si. The lowest BCUT2D eigenvalue weighted by atomic mass is 10.0. The van der Waals surface area contributed by atoms with Gasteiger partial charge in [-0.3, -0.25) is 0 Å². The van der Waals surface area contributed by atoms with Crippen molar-refractivity contribution in [3.63, 3.8) is 0 Å². The van der Waals surface area contributed by atoms with E-state index in [2.05, 4.69) is 69.3 Å². The molecule has 3 nitrogen and oxygen atoms in total. The molecule has 3 atom stereocenters. The van der Waals surface area contributed by atoms with Gasteiger partial charge in [0.05, 0.1) is 12.2 Å². The van der Waals surface area contributed by atoms with Crippen LogP contribution in [0.3, 0.4) is 0 Å². The molecule has 4 heteroatoms. The summed E-state index contributed by atoms with van der Waals surface area (Å²) in [6.45, 7) is 8.95. The van der Waals surface area contributed by atoms with Gasteiger partial charge in [0.2, 0.25) is 0 Å². The quantitative estimate of drug-likeness (QED) is 0.722. The van der Waals surface area contributed by atoms with Crippen molar-refractivity contribution in [3.8, 4) is 0 Å². The van der Waals surface area contributed by atoms with Gasteiger partial charge in [-0.05, 0) is 40.6 Å². The zero-order valence-corrected chi connectivity index (χ0v) is 17.9. The minimum absolute atomic E-state index is 0.0421. The molecule has 146 valence electrons. The molecule has 1 aliphatic rings. The van der Waals surface area contributed by atoms with Gasteiger partial charge in [-0.1, -0.05) is 81.4 Å². The Hall–Kier alpha value is -1.46. The first kappa shape index (κ1) is 20.3. The zero-order chi connectivity index (χ0) is 19.7. The summed E-state index contributed by atoms with van der Waals surface area (Å²) in [7, 11) is -2.52. The third-order valence-corrected chi connectivity index (χ3v) is 11.0. The van der Waals surface area contributed by atoms with E-state index in [4.69, 9.17) is 4.43 Å². The molecule has 0 aliphatic heterocycles. The van der Waals surface area contributed by atoms with Crippen molar-refractivity contribution in [2.45, 2.75) is 44.8 Å². The monoisotopic (exact) mass is 384 g/mol. The highest BCUT2D eigenvalue weighted by Crippen LogP contribution is 2.47. The minimum Gasteiger partial charge on any atom is -0.407 e. The summed E-state index contributed by atoms with van der Waals surface area (Å²) in [5.74, 6) is 0.412. The van der Waals surface area contributed by atoms with Crippen LogP contribution in [0.25, 0.3) is 0 Å². The molecule has 0 unspecified atom stereocenters. The summed E-state index contributed by atoms with van der Waals surface area (Å²) < 4.78 is 6.91. The van der Waals surface area contributed by atoms with Crippen molar-refractivity contribution < 1.29 is 14.6 Å². The Kier molecular flexibility index (Phi) is 5.64. The number of aliphatic hydroxyl groups excluding tert-OH is 1. The predicted molar refractivity (Wildman–Crippen MR) is 113 cm³/mol. The van der Waals surface area contributed by atoms with E-state index in [1.165, 1.54) is 10.4 Å². The smallest absolute Gasteiger partial charge is 0.261 e. The van der Waals surface area contributed by atoms with Crippen molar-refractivity contribution >= 4 is 18.7 Å². The molecule has 27 heavy (non-hydrogen) atoms. The maximum absolute atomic E-state index is 10.4. The van der Waals surface area contributed by atoms with Gasteiger partial charge in [0.15, 0.2) is 0 Å². The van der Waals surface area contributed by atoms with Gasteiger partial charge in [-0.15, -0.1) is 0 Å². The first-order valence-corrected chi connectivity index (χ1v) is 11.7. The molecule has 0 heterocycles. The highest BCUT2D eigenvalue weighted by atomic mass is 28.4. The fourth-order valence-corrected chi connectivity index (χ4v) is 8.92. The van der Waals surface area contributed by atoms with Gasteiger partial charge >= 0.3 is 0 Å². The standard InChI is InChI=1S/C23H32O3Si/c1-22(2,3)27(19-11-7-5-8-12-19,20-13-9-6-10-14-20)26-16-18-15-21(18)23(4,25)17-24/h5-14,18,21,24-25H,15-17H2,1-4H3/t18-,21-,23+/m0/s1. The SMILES string of the molecule is CC(C)(C)[Si](OC[C@@H]1C[C@@H]1[C@](C)(O)CO)(c1ccccc1)c1ccccc1. The van der Waals surface area contributed by atoms with Crippen molar-refractivity contribution in [3.05, 3.63) is 60.7 Å². The van der Waals surface area contributed by atoms with E-state index in [0.29, 0.717) is 12.5 Å². The Morgan fingerprint density at radius 3 is 1.81 bits per heavy atom. The van der Waals surface area contributed by atoms with Crippen LogP contribution in [0.1, 0.15) is 34.1 Å². The van der Waals surface area contributed by atoms with Crippen LogP contribution in [0.4, 0.5) is 0 Å². The van der Waals surface area contributed by atoms with Crippen LogP contribution in [0.2, 0.25) is 5.04 Å². The Labute approximate surface area is 164 Å². The topological polar surface area (TPSA) is 49.7 Å². The van der Waals surface area contributed by atoms with Gasteiger partial charge in [0.1, 0.15) is 0 Å². The number of hydrogen-bond acceptors (Lipinski definition) is 3. The second-order valence-electron chi connectivity index (χ2n) is 9.09. The number of benzene rings is 2. The van der Waals surface area contributed by atoms with E-state index < -0.39 is 13.9 Å². The molecule has 1 fully saturated rings. The largest absolute Gasteiger partial charge is 0.407 e. The lowest BCUT2D eigenvalue weighted by molar-refractivity contribution is -0.0227. The van der Waals surface area contributed by atoms with Crippen LogP contribution >= 0.6 is 0 Å². The zero-order valence-electron chi connectivity index (χ0n) is 16.9. The highest BCUT2D eigenvalue weighted by molar-refractivity contribution is 6.99. The van der Waals surface area contributed by atoms with Gasteiger partial charge in [0.25, 0.3) is 8.32 Å². The molecule has 3 rings (SSSR count). The maximum Gasteiger partial charge on any atom is 0.261 e. The average molecular weight is 385 g/mol. The third kappa shape index (κ3) is 3.90. The van der Waals surface area contributed by atoms with E-state index in [-0.39, 0.29) is 17.6 Å². The predicted octanol–water partition coefficient (Wildman–Crippen LogP) is 2.94. The summed E-state index contributed by atoms with van der Waals surface area (Å²) in [4.78, 5) is 0. The van der Waals surface area contributed by atoms with Crippen LogP contribution in [0, 0.1) is 11.8 Å². The van der Waals surface area contributed by atoms with Crippen LogP contribution in [0.15, 0.2) is 60.7 Å². The Balaban J connectivity index is 1.96. The fourth-order valence-electron chi connectivity index (χ4n) is 4.30. The normalized spacial score (nSPS) is 22.3. The third-order valence-electron chi connectivity index (χ3n) is 5.97. The molecule has 0 radical (unpaired) electrons. The minimum atomic E-state index is -2.52. The second-order valence-corrected chi connectivity index (χ2v) is 13.4. The molecule has 2 N–H and O–H groups in total. The van der Waals surface area contributed by atoms with Crippen LogP contribution in [-0.2, 0) is 4.43 Å². The van der Waals surface area contributed by atoms with Crippen molar-refractivity contribution in [1.29, 1.82) is 0 Å². The molecular weight excluding hydrogens is 352 g/mol. The molecule has 0 amide bonds. The van der Waals surface area contributed by atoms with Gasteiger partial charge in [-0.2, -0.15) is 0 Å². The average Bonchev–Trinajstić information content (AvgIpc) is 3.44. The Morgan fingerprint density at radius 1 is 0.926 bits per heavy atom. The van der Waals surface area contributed by atoms with Crippen LogP contribution in [-0.4, -0.2) is 37.3 Å². The van der Waals surface area contributed by atoms with Crippen LogP contribution < -0.4 is 10.4 Å². The summed E-state index contributed by atoms with van der Waals surface area (Å²) >= 11 is 0. The van der Waals surface area contributed by atoms with Crippen LogP contribution in [0.5, 0.6) is 0 Å². The molecule has 0 saturated heterocycles. The first-order chi connectivity index (χ1) is 12.7. The lowest BCUT2D eigenvalue weighted by Crippen LogP contribution is -2.66. The summed E-state index contributed by atoms with van der Waals surface area (Å²) in [6.07, 6.45) is 0.908. The highest BCUT2D eigenvalue weighted by Gasteiger charge is 2.54. The molecule has 1 saturated carbocycles. The number of hydrogen-bond donors (Lipinski definition) is 2. The van der Waals surface area contributed by atoms with E-state index >= 15 is 0 Å². The van der Waals surface area contributed by atoms with E-state index in [0.717, 1.165) is 6.42 Å². The van der Waals surface area contributed by atoms with Gasteiger partial charge in [0, 0.05) is 6.61 Å². The Morgan fingerprint density at radius 2 is 1.41 bits per heavy atom. The van der Waals surface area contributed by atoms with Crippen molar-refractivity contribution in [2.24, 2.45) is 11.8 Å². The van der Waals surface area contributed by atoms with Crippen molar-refractivity contribution in [2.75, 3.05) is 13.2 Å². The first-order valence-electron chi connectivity index (χ1n) is 9.80. The lowest BCUT2D eigenvalue weighted by Gasteiger charge is -2.43. The van der Waals surface area contributed by atoms with Gasteiger partial charge in [-0.25, -0.2) is 0 Å². The fraction of sp³-hybridized carbons (Fsp3) is 0.478. The molecule has 2 aromatic rings. The van der Waals surface area contributed by atoms with Crippen molar-refractivity contribution in [1.82, 2.24) is 0 Å². The Bertz CT molecular complexity index is 698. The van der Waals surface area contributed by atoms with E-state index in [9.17, 15) is 10.2 Å². The second kappa shape index (κ2) is 7.51. The van der Waals surface area contributed by atoms with E-state index in [1.54, 1.807) is 6.92 Å². The number of rotatable bonds is 7. The summed E-state index contributed by atoms with van der Waals surface area (Å²) in [5.41, 5.74) is -1.01. The van der Waals surface area contributed by atoms with E-state index in [1.807, 2.05) is 12.1 Å². The number of aliphatic hydroxyl groups is 2.